The van der Waals surface area contributed by atoms with Crippen molar-refractivity contribution in [2.75, 3.05) is 5.73 Å². The predicted molar refractivity (Wildman–Crippen MR) is 75.5 cm³/mol. The summed E-state index contributed by atoms with van der Waals surface area (Å²) in [6, 6.07) is 11.3. The topological polar surface area (TPSA) is 61.0 Å². The molecule has 0 aliphatic heterocycles. The van der Waals surface area contributed by atoms with Gasteiger partial charge in [-0.05, 0) is 18.2 Å². The molecule has 0 saturated heterocycles. The summed E-state index contributed by atoms with van der Waals surface area (Å²) < 4.78 is 5.61. The number of para-hydroxylation sites is 1. The fraction of sp³-hybridized carbons (Fsp3) is 0. The van der Waals surface area contributed by atoms with E-state index in [9.17, 15) is 0 Å². The Kier molecular flexibility index (Phi) is 2.93. The first-order valence-corrected chi connectivity index (χ1v) is 6.04. The van der Waals surface area contributed by atoms with Crippen LogP contribution >= 0.6 is 11.6 Å². The van der Waals surface area contributed by atoms with E-state index in [-0.39, 0.29) is 0 Å². The summed E-state index contributed by atoms with van der Waals surface area (Å²) in [4.78, 5) is 8.35. The van der Waals surface area contributed by atoms with Crippen LogP contribution in [0.2, 0.25) is 5.02 Å². The van der Waals surface area contributed by atoms with Gasteiger partial charge in [0, 0.05) is 11.6 Å². The molecule has 0 fully saturated rings. The maximum Gasteiger partial charge on any atom is 0.242 e. The van der Waals surface area contributed by atoms with Crippen LogP contribution < -0.4 is 10.5 Å². The molecule has 2 aromatic heterocycles. The van der Waals surface area contributed by atoms with E-state index in [0.29, 0.717) is 22.3 Å². The summed E-state index contributed by atoms with van der Waals surface area (Å²) in [5.41, 5.74) is 7.09. The molecule has 2 N–H and O–H groups in total. The zero-order chi connectivity index (χ0) is 13.2. The number of benzene rings is 1. The van der Waals surface area contributed by atoms with Crippen LogP contribution in [-0.4, -0.2) is 9.97 Å². The third-order valence-corrected chi connectivity index (χ3v) is 2.83. The fourth-order valence-corrected chi connectivity index (χ4v) is 1.91. The first-order chi connectivity index (χ1) is 9.22. The zero-order valence-electron chi connectivity index (χ0n) is 9.88. The van der Waals surface area contributed by atoms with Gasteiger partial charge in [0.25, 0.3) is 0 Å². The van der Waals surface area contributed by atoms with Crippen LogP contribution in [0.15, 0.2) is 48.8 Å². The van der Waals surface area contributed by atoms with Gasteiger partial charge in [0.1, 0.15) is 5.75 Å². The quantitative estimate of drug-likeness (QED) is 0.773. The number of nitrogen functional groups attached to an aromatic ring is 1. The van der Waals surface area contributed by atoms with Crippen LogP contribution in [0.3, 0.4) is 0 Å². The summed E-state index contributed by atoms with van der Waals surface area (Å²) in [6.45, 7) is 0. The van der Waals surface area contributed by atoms with Crippen LogP contribution in [0.4, 0.5) is 5.69 Å². The molecular formula is C14H10ClN3O. The minimum absolute atomic E-state index is 0.321. The number of ether oxygens (including phenoxy) is 1. The lowest BCUT2D eigenvalue weighted by molar-refractivity contribution is 0.464. The van der Waals surface area contributed by atoms with Gasteiger partial charge >= 0.3 is 0 Å². The molecular weight excluding hydrogens is 262 g/mol. The Morgan fingerprint density at radius 2 is 1.89 bits per heavy atom. The summed E-state index contributed by atoms with van der Waals surface area (Å²) in [7, 11) is 0. The van der Waals surface area contributed by atoms with Gasteiger partial charge < -0.3 is 10.5 Å². The Morgan fingerprint density at radius 3 is 2.74 bits per heavy atom. The van der Waals surface area contributed by atoms with Gasteiger partial charge in [-0.2, -0.15) is 0 Å². The Morgan fingerprint density at radius 1 is 1.05 bits per heavy atom. The number of hydrogen-bond donors (Lipinski definition) is 1. The van der Waals surface area contributed by atoms with E-state index < -0.39 is 0 Å². The molecule has 0 saturated carbocycles. The number of pyridine rings is 2. The van der Waals surface area contributed by atoms with Crippen LogP contribution in [0.1, 0.15) is 0 Å². The lowest BCUT2D eigenvalue weighted by atomic mass is 10.2. The van der Waals surface area contributed by atoms with Gasteiger partial charge in [0.2, 0.25) is 5.88 Å². The minimum atomic E-state index is 0.321. The first-order valence-electron chi connectivity index (χ1n) is 5.66. The number of anilines is 1. The van der Waals surface area contributed by atoms with Crippen molar-refractivity contribution in [2.45, 2.75) is 0 Å². The molecule has 4 nitrogen and oxygen atoms in total. The molecule has 3 rings (SSSR count). The average molecular weight is 272 g/mol. The Labute approximate surface area is 114 Å². The van der Waals surface area contributed by atoms with E-state index >= 15 is 0 Å². The lowest BCUT2D eigenvalue weighted by Gasteiger charge is -2.07. The summed E-state index contributed by atoms with van der Waals surface area (Å²) in [5.74, 6) is 0.904. The first kappa shape index (κ1) is 11.7. The van der Waals surface area contributed by atoms with Gasteiger partial charge in [0.05, 0.1) is 22.4 Å². The van der Waals surface area contributed by atoms with E-state index in [4.69, 9.17) is 22.1 Å². The van der Waals surface area contributed by atoms with Crippen molar-refractivity contribution in [1.29, 1.82) is 0 Å². The highest BCUT2D eigenvalue weighted by Crippen LogP contribution is 2.28. The van der Waals surface area contributed by atoms with E-state index in [1.807, 2.05) is 30.3 Å². The van der Waals surface area contributed by atoms with Gasteiger partial charge in [-0.3, -0.25) is 4.98 Å². The Balaban J connectivity index is 1.96. The highest BCUT2D eigenvalue weighted by atomic mass is 35.5. The largest absolute Gasteiger partial charge is 0.435 e. The Hall–Kier alpha value is -2.33. The molecule has 5 heteroatoms. The molecule has 3 aromatic rings. The zero-order valence-corrected chi connectivity index (χ0v) is 10.6. The number of aromatic nitrogens is 2. The number of hydrogen-bond acceptors (Lipinski definition) is 4. The van der Waals surface area contributed by atoms with Gasteiger partial charge in [0.15, 0.2) is 0 Å². The second-order valence-electron chi connectivity index (χ2n) is 4.01. The number of rotatable bonds is 2. The average Bonchev–Trinajstić information content (AvgIpc) is 2.42. The fourth-order valence-electron chi connectivity index (χ4n) is 1.75. The van der Waals surface area contributed by atoms with Crippen LogP contribution in [0, 0.1) is 0 Å². The molecule has 94 valence electrons. The molecule has 0 radical (unpaired) electrons. The summed E-state index contributed by atoms with van der Waals surface area (Å²) in [5, 5.41) is 1.47. The summed E-state index contributed by atoms with van der Waals surface area (Å²) >= 11 is 5.79. The van der Waals surface area contributed by atoms with E-state index in [2.05, 4.69) is 9.97 Å². The van der Waals surface area contributed by atoms with Gasteiger partial charge in [-0.15, -0.1) is 0 Å². The van der Waals surface area contributed by atoms with Crippen LogP contribution in [0.5, 0.6) is 11.6 Å². The molecule has 0 amide bonds. The molecule has 19 heavy (non-hydrogen) atoms. The third-order valence-electron chi connectivity index (χ3n) is 2.63. The van der Waals surface area contributed by atoms with Crippen molar-refractivity contribution in [2.24, 2.45) is 0 Å². The normalized spacial score (nSPS) is 10.6. The second-order valence-corrected chi connectivity index (χ2v) is 4.45. The number of halogens is 1. The molecule has 0 aliphatic rings. The van der Waals surface area contributed by atoms with Crippen molar-refractivity contribution in [3.05, 3.63) is 53.8 Å². The van der Waals surface area contributed by atoms with Crippen molar-refractivity contribution in [1.82, 2.24) is 9.97 Å². The summed E-state index contributed by atoms with van der Waals surface area (Å²) in [6.07, 6.45) is 3.12. The highest BCUT2D eigenvalue weighted by Gasteiger charge is 2.05. The molecule has 0 bridgehead atoms. The van der Waals surface area contributed by atoms with E-state index in [1.165, 1.54) is 6.20 Å². The van der Waals surface area contributed by atoms with Gasteiger partial charge in [-0.25, -0.2) is 4.98 Å². The van der Waals surface area contributed by atoms with Gasteiger partial charge in [-0.1, -0.05) is 29.8 Å². The van der Waals surface area contributed by atoms with Crippen molar-refractivity contribution in [3.8, 4) is 11.6 Å². The SMILES string of the molecule is Nc1cc(Cl)cnc1Oc1cnc2ccccc2c1. The molecule has 0 unspecified atom stereocenters. The number of nitrogens with zero attached hydrogens (tertiary/aromatic N) is 2. The maximum atomic E-state index is 5.79. The standard InChI is InChI=1S/C14H10ClN3O/c15-10-6-12(16)14(18-7-10)19-11-5-9-3-1-2-4-13(9)17-8-11/h1-8H,16H2. The van der Waals surface area contributed by atoms with Crippen LogP contribution in [-0.2, 0) is 0 Å². The molecule has 2 heterocycles. The number of fused-ring (bicyclic) bond motifs is 1. The predicted octanol–water partition coefficient (Wildman–Crippen LogP) is 3.66. The van der Waals surface area contributed by atoms with Crippen molar-refractivity contribution < 1.29 is 4.74 Å². The minimum Gasteiger partial charge on any atom is -0.435 e. The molecule has 0 spiro atoms. The van der Waals surface area contributed by atoms with Crippen molar-refractivity contribution >= 4 is 28.2 Å². The maximum absolute atomic E-state index is 5.79. The van der Waals surface area contributed by atoms with E-state index in [1.54, 1.807) is 12.3 Å². The monoisotopic (exact) mass is 271 g/mol. The molecule has 1 aromatic carbocycles. The lowest BCUT2D eigenvalue weighted by Crippen LogP contribution is -1.95. The third kappa shape index (κ3) is 2.44. The van der Waals surface area contributed by atoms with Crippen molar-refractivity contribution in [3.63, 3.8) is 0 Å². The molecule has 0 atom stereocenters. The highest BCUT2D eigenvalue weighted by molar-refractivity contribution is 6.30. The number of nitrogens with two attached hydrogens (primary N) is 1. The Bertz CT molecular complexity index is 746. The molecule has 0 aliphatic carbocycles. The second kappa shape index (κ2) is 4.74. The van der Waals surface area contributed by atoms with E-state index in [0.717, 1.165) is 10.9 Å². The smallest absolute Gasteiger partial charge is 0.242 e. The van der Waals surface area contributed by atoms with Crippen LogP contribution in [0.25, 0.3) is 10.9 Å².